The van der Waals surface area contributed by atoms with Crippen molar-refractivity contribution >= 4 is 22.6 Å². The Morgan fingerprint density at radius 1 is 1.24 bits per heavy atom. The maximum atomic E-state index is 11.5. The number of amides is 1. The number of rotatable bonds is 7. The van der Waals surface area contributed by atoms with Gasteiger partial charge < -0.3 is 29.6 Å². The quantitative estimate of drug-likeness (QED) is 0.566. The first-order valence-electron chi connectivity index (χ1n) is 11.0. The van der Waals surface area contributed by atoms with E-state index in [1.54, 1.807) is 13.3 Å². The molecule has 0 bridgehead atoms. The molecule has 2 atom stereocenters. The zero-order valence-electron chi connectivity index (χ0n) is 18.4. The molecule has 1 saturated heterocycles. The Bertz CT molecular complexity index is 1150. The number of ether oxygens (including phenoxy) is 4. The van der Waals surface area contributed by atoms with E-state index in [1.807, 2.05) is 36.4 Å². The SMILES string of the molecule is COc1cnc2cccc(OC[C@H]3CC[C@H](NCc4ccc5c(n4)NC(=O)CO5)CO3)c2c1. The molecule has 0 saturated carbocycles. The summed E-state index contributed by atoms with van der Waals surface area (Å²) < 4.78 is 22.8. The third kappa shape index (κ3) is 4.99. The fourth-order valence-corrected chi connectivity index (χ4v) is 3.97. The van der Waals surface area contributed by atoms with Crippen LogP contribution in [0.15, 0.2) is 42.6 Å². The molecule has 0 unspecified atom stereocenters. The topological polar surface area (TPSA) is 104 Å². The number of aromatic nitrogens is 2. The second kappa shape index (κ2) is 9.60. The lowest BCUT2D eigenvalue weighted by molar-refractivity contribution is -0.118. The largest absolute Gasteiger partial charge is 0.495 e. The summed E-state index contributed by atoms with van der Waals surface area (Å²) in [6.45, 7) is 1.70. The summed E-state index contributed by atoms with van der Waals surface area (Å²) in [5.41, 5.74) is 1.70. The molecule has 5 rings (SSSR count). The summed E-state index contributed by atoms with van der Waals surface area (Å²) >= 11 is 0. The molecule has 172 valence electrons. The molecule has 0 spiro atoms. The molecule has 1 amide bonds. The number of carbonyl (C=O) groups excluding carboxylic acids is 1. The molecule has 0 aliphatic carbocycles. The number of nitrogens with zero attached hydrogens (tertiary/aromatic N) is 2. The van der Waals surface area contributed by atoms with E-state index in [9.17, 15) is 4.79 Å². The molecule has 33 heavy (non-hydrogen) atoms. The Kier molecular flexibility index (Phi) is 6.23. The number of hydrogen-bond acceptors (Lipinski definition) is 8. The minimum Gasteiger partial charge on any atom is -0.495 e. The van der Waals surface area contributed by atoms with Crippen LogP contribution in [0.2, 0.25) is 0 Å². The minimum atomic E-state index is -0.187. The summed E-state index contributed by atoms with van der Waals surface area (Å²) in [5, 5.41) is 7.14. The van der Waals surface area contributed by atoms with Crippen LogP contribution in [0, 0.1) is 0 Å². The third-order valence-electron chi connectivity index (χ3n) is 5.80. The van der Waals surface area contributed by atoms with Crippen LogP contribution >= 0.6 is 0 Å². The van der Waals surface area contributed by atoms with E-state index in [0.29, 0.717) is 37.1 Å². The summed E-state index contributed by atoms with van der Waals surface area (Å²) in [6.07, 6.45) is 3.61. The zero-order valence-corrected chi connectivity index (χ0v) is 18.4. The normalized spacial score (nSPS) is 20.0. The first kappa shape index (κ1) is 21.4. The van der Waals surface area contributed by atoms with Crippen LogP contribution in [-0.4, -0.2) is 55.0 Å². The number of pyridine rings is 2. The molecule has 2 aliphatic rings. The lowest BCUT2D eigenvalue weighted by Gasteiger charge is -2.29. The van der Waals surface area contributed by atoms with Gasteiger partial charge in [-0.15, -0.1) is 0 Å². The Morgan fingerprint density at radius 2 is 2.18 bits per heavy atom. The van der Waals surface area contributed by atoms with E-state index in [4.69, 9.17) is 18.9 Å². The van der Waals surface area contributed by atoms with Crippen molar-refractivity contribution in [3.05, 3.63) is 48.3 Å². The van der Waals surface area contributed by atoms with Crippen molar-refractivity contribution in [1.29, 1.82) is 0 Å². The molecule has 9 heteroatoms. The van der Waals surface area contributed by atoms with E-state index >= 15 is 0 Å². The third-order valence-corrected chi connectivity index (χ3v) is 5.80. The Balaban J connectivity index is 1.11. The minimum absolute atomic E-state index is 0.0299. The van der Waals surface area contributed by atoms with Crippen molar-refractivity contribution in [2.24, 2.45) is 0 Å². The molecule has 2 aromatic heterocycles. The first-order chi connectivity index (χ1) is 16.2. The lowest BCUT2D eigenvalue weighted by atomic mass is 10.1. The van der Waals surface area contributed by atoms with Gasteiger partial charge in [-0.1, -0.05) is 6.07 Å². The van der Waals surface area contributed by atoms with Gasteiger partial charge in [0.1, 0.15) is 18.1 Å². The first-order valence-corrected chi connectivity index (χ1v) is 11.0. The van der Waals surface area contributed by atoms with Crippen molar-refractivity contribution in [3.63, 3.8) is 0 Å². The van der Waals surface area contributed by atoms with Crippen LogP contribution in [0.1, 0.15) is 18.5 Å². The number of hydrogen-bond donors (Lipinski definition) is 2. The highest BCUT2D eigenvalue weighted by Gasteiger charge is 2.23. The summed E-state index contributed by atoms with van der Waals surface area (Å²) in [4.78, 5) is 20.4. The van der Waals surface area contributed by atoms with E-state index in [-0.39, 0.29) is 24.7 Å². The van der Waals surface area contributed by atoms with Crippen molar-refractivity contribution < 1.29 is 23.7 Å². The summed E-state index contributed by atoms with van der Waals surface area (Å²) in [6, 6.07) is 11.7. The highest BCUT2D eigenvalue weighted by atomic mass is 16.5. The van der Waals surface area contributed by atoms with Gasteiger partial charge in [-0.05, 0) is 43.2 Å². The Hall–Kier alpha value is -3.43. The number of anilines is 1. The van der Waals surface area contributed by atoms with Gasteiger partial charge in [0.25, 0.3) is 5.91 Å². The molecule has 1 aromatic carbocycles. The van der Waals surface area contributed by atoms with Crippen LogP contribution < -0.4 is 24.8 Å². The van der Waals surface area contributed by atoms with Crippen LogP contribution in [0.25, 0.3) is 10.9 Å². The number of methoxy groups -OCH3 is 1. The van der Waals surface area contributed by atoms with Crippen molar-refractivity contribution in [3.8, 4) is 17.2 Å². The second-order valence-corrected chi connectivity index (χ2v) is 8.11. The average molecular weight is 450 g/mol. The van der Waals surface area contributed by atoms with E-state index in [2.05, 4.69) is 20.6 Å². The van der Waals surface area contributed by atoms with Gasteiger partial charge in [-0.2, -0.15) is 0 Å². The number of fused-ring (bicyclic) bond motifs is 2. The van der Waals surface area contributed by atoms with Gasteiger partial charge in [-0.3, -0.25) is 9.78 Å². The van der Waals surface area contributed by atoms with Gasteiger partial charge in [0.2, 0.25) is 0 Å². The van der Waals surface area contributed by atoms with Crippen LogP contribution in [0.5, 0.6) is 17.2 Å². The lowest BCUT2D eigenvalue weighted by Crippen LogP contribution is -2.41. The molecular weight excluding hydrogens is 424 g/mol. The molecule has 2 N–H and O–H groups in total. The Labute approximate surface area is 191 Å². The molecule has 2 aliphatic heterocycles. The molecule has 4 heterocycles. The van der Waals surface area contributed by atoms with Gasteiger partial charge in [-0.25, -0.2) is 4.98 Å². The van der Waals surface area contributed by atoms with Crippen LogP contribution in [-0.2, 0) is 16.1 Å². The molecule has 1 fully saturated rings. The van der Waals surface area contributed by atoms with E-state index in [1.165, 1.54) is 0 Å². The second-order valence-electron chi connectivity index (χ2n) is 8.11. The maximum absolute atomic E-state index is 11.5. The zero-order chi connectivity index (χ0) is 22.6. The Morgan fingerprint density at radius 3 is 3.03 bits per heavy atom. The van der Waals surface area contributed by atoms with Crippen molar-refractivity contribution in [1.82, 2.24) is 15.3 Å². The average Bonchev–Trinajstić information content (AvgIpc) is 2.86. The molecule has 0 radical (unpaired) electrons. The molecular formula is C24H26N4O5. The van der Waals surface area contributed by atoms with Gasteiger partial charge in [0.05, 0.1) is 37.2 Å². The fourth-order valence-electron chi connectivity index (χ4n) is 3.97. The smallest absolute Gasteiger partial charge is 0.263 e. The predicted molar refractivity (Wildman–Crippen MR) is 122 cm³/mol. The number of benzene rings is 1. The van der Waals surface area contributed by atoms with E-state index < -0.39 is 0 Å². The maximum Gasteiger partial charge on any atom is 0.263 e. The van der Waals surface area contributed by atoms with Gasteiger partial charge >= 0.3 is 0 Å². The highest BCUT2D eigenvalue weighted by molar-refractivity contribution is 5.94. The summed E-state index contributed by atoms with van der Waals surface area (Å²) in [7, 11) is 1.63. The predicted octanol–water partition coefficient (Wildman–Crippen LogP) is 2.69. The monoisotopic (exact) mass is 450 g/mol. The molecule has 9 nitrogen and oxygen atoms in total. The van der Waals surface area contributed by atoms with Crippen molar-refractivity contribution in [2.75, 3.05) is 32.2 Å². The fraction of sp³-hybridized carbons (Fsp3) is 0.375. The number of carbonyl (C=O) groups is 1. The number of nitrogens with one attached hydrogen (secondary N) is 2. The standard InChI is InChI=1S/C24H26N4O5/c1-30-18-9-19-20(26-11-18)3-2-4-21(19)32-13-17-7-5-16(12-31-17)25-10-15-6-8-22-24(27-15)28-23(29)14-33-22/h2-4,6,8-9,11,16-17,25H,5,7,10,12-14H2,1H3,(H,27,28,29)/t16-,17+/m0/s1. The molecule has 3 aromatic rings. The van der Waals surface area contributed by atoms with Gasteiger partial charge in [0.15, 0.2) is 18.2 Å². The summed E-state index contributed by atoms with van der Waals surface area (Å²) in [5.74, 6) is 2.36. The van der Waals surface area contributed by atoms with Crippen LogP contribution in [0.4, 0.5) is 5.82 Å². The van der Waals surface area contributed by atoms with Crippen LogP contribution in [0.3, 0.4) is 0 Å². The van der Waals surface area contributed by atoms with E-state index in [0.717, 1.165) is 35.2 Å². The highest BCUT2D eigenvalue weighted by Crippen LogP contribution is 2.28. The van der Waals surface area contributed by atoms with Crippen molar-refractivity contribution in [2.45, 2.75) is 31.5 Å². The van der Waals surface area contributed by atoms with Gasteiger partial charge in [0, 0.05) is 18.0 Å².